The minimum Gasteiger partial charge on any atom is -0.446 e. The van der Waals surface area contributed by atoms with Gasteiger partial charge in [-0.25, -0.2) is 4.79 Å². The molecule has 174 valence electrons. The van der Waals surface area contributed by atoms with Gasteiger partial charge in [-0.15, -0.1) is 0 Å². The van der Waals surface area contributed by atoms with Crippen molar-refractivity contribution in [3.8, 4) is 6.07 Å². The average Bonchev–Trinajstić information content (AvgIpc) is 2.83. The predicted octanol–water partition coefficient (Wildman–Crippen LogP) is 5.07. The van der Waals surface area contributed by atoms with Gasteiger partial charge >= 0.3 is 5.97 Å². The third kappa shape index (κ3) is 6.43. The lowest BCUT2D eigenvalue weighted by molar-refractivity contribution is -0.138. The molecule has 3 aromatic rings. The van der Waals surface area contributed by atoms with Gasteiger partial charge in [-0.2, -0.15) is 5.26 Å². The van der Waals surface area contributed by atoms with Crippen molar-refractivity contribution in [3.63, 3.8) is 0 Å². The van der Waals surface area contributed by atoms with Crippen molar-refractivity contribution in [1.82, 2.24) is 10.3 Å². The highest BCUT2D eigenvalue weighted by Crippen LogP contribution is 2.27. The van der Waals surface area contributed by atoms with Crippen molar-refractivity contribution in [3.05, 3.63) is 100 Å². The first kappa shape index (κ1) is 24.9. The third-order valence-electron chi connectivity index (χ3n) is 5.59. The predicted molar refractivity (Wildman–Crippen MR) is 130 cm³/mol. The fourth-order valence-corrected chi connectivity index (χ4v) is 3.73. The number of amides is 1. The van der Waals surface area contributed by atoms with E-state index in [9.17, 15) is 14.9 Å². The number of hydrogen-bond donors (Lipinski definition) is 1. The van der Waals surface area contributed by atoms with E-state index in [1.54, 1.807) is 19.9 Å². The zero-order chi connectivity index (χ0) is 24.7. The van der Waals surface area contributed by atoms with Crippen LogP contribution in [0, 0.1) is 11.3 Å². The van der Waals surface area contributed by atoms with Crippen LogP contribution in [0.3, 0.4) is 0 Å². The molecule has 0 spiro atoms. The van der Waals surface area contributed by atoms with E-state index >= 15 is 0 Å². The Labute approximate surface area is 204 Å². The van der Waals surface area contributed by atoms with Crippen molar-refractivity contribution < 1.29 is 14.3 Å². The van der Waals surface area contributed by atoms with Gasteiger partial charge in [-0.3, -0.25) is 9.78 Å². The molecule has 0 bridgehead atoms. The van der Waals surface area contributed by atoms with Crippen LogP contribution in [0.4, 0.5) is 0 Å². The number of hydrogen-bond acceptors (Lipinski definition) is 5. The van der Waals surface area contributed by atoms with E-state index in [0.717, 1.165) is 11.1 Å². The number of benzene rings is 2. The fourth-order valence-electron chi connectivity index (χ4n) is 3.60. The first-order chi connectivity index (χ1) is 16.2. The average molecular weight is 476 g/mol. The third-order valence-corrected chi connectivity index (χ3v) is 5.84. The van der Waals surface area contributed by atoms with Crippen LogP contribution in [0.15, 0.2) is 73.1 Å². The van der Waals surface area contributed by atoms with Crippen LogP contribution in [0.5, 0.6) is 0 Å². The Hall–Kier alpha value is -3.69. The summed E-state index contributed by atoms with van der Waals surface area (Å²) in [6, 6.07) is 19.8. The van der Waals surface area contributed by atoms with E-state index in [-0.39, 0.29) is 12.0 Å². The lowest BCUT2D eigenvalue weighted by Gasteiger charge is -2.30. The Balaban J connectivity index is 1.80. The Bertz CT molecular complexity index is 1190. The number of pyridine rings is 1. The van der Waals surface area contributed by atoms with Gasteiger partial charge in [0.25, 0.3) is 5.91 Å². The lowest BCUT2D eigenvalue weighted by Crippen LogP contribution is -2.50. The second kappa shape index (κ2) is 11.0. The fraction of sp³-hybridized carbons (Fsp3) is 0.259. The largest absolute Gasteiger partial charge is 0.446 e. The van der Waals surface area contributed by atoms with Crippen molar-refractivity contribution >= 4 is 23.5 Å². The minimum absolute atomic E-state index is 0.134. The number of carbonyl (C=O) groups is 2. The summed E-state index contributed by atoms with van der Waals surface area (Å²) in [6.45, 7) is 5.01. The highest BCUT2D eigenvalue weighted by molar-refractivity contribution is 6.30. The van der Waals surface area contributed by atoms with Gasteiger partial charge in [-0.05, 0) is 74.7 Å². The second-order valence-corrected chi connectivity index (χ2v) is 9.01. The molecule has 0 aliphatic rings. The monoisotopic (exact) mass is 475 g/mol. The van der Waals surface area contributed by atoms with Crippen LogP contribution in [0.25, 0.3) is 0 Å². The molecule has 2 atom stereocenters. The van der Waals surface area contributed by atoms with Crippen molar-refractivity contribution in [2.45, 2.75) is 44.8 Å². The van der Waals surface area contributed by atoms with E-state index in [4.69, 9.17) is 16.3 Å². The summed E-state index contributed by atoms with van der Waals surface area (Å²) < 4.78 is 5.50. The summed E-state index contributed by atoms with van der Waals surface area (Å²) in [4.78, 5) is 29.5. The molecule has 6 nitrogen and oxygen atoms in total. The quantitative estimate of drug-likeness (QED) is 0.459. The lowest BCUT2D eigenvalue weighted by atomic mass is 9.85. The summed E-state index contributed by atoms with van der Waals surface area (Å²) in [6.07, 6.45) is 3.59. The number of ether oxygens (including phenoxy) is 1. The number of rotatable bonds is 8. The first-order valence-corrected chi connectivity index (χ1v) is 11.3. The molecule has 3 rings (SSSR count). The summed E-state index contributed by atoms with van der Waals surface area (Å²) >= 11 is 6.03. The van der Waals surface area contributed by atoms with Crippen LogP contribution >= 0.6 is 11.6 Å². The van der Waals surface area contributed by atoms with Crippen molar-refractivity contribution in [2.24, 2.45) is 0 Å². The smallest absolute Gasteiger partial charge is 0.339 e. The second-order valence-electron chi connectivity index (χ2n) is 8.57. The molecular weight excluding hydrogens is 450 g/mol. The molecule has 34 heavy (non-hydrogen) atoms. The molecule has 1 aromatic heterocycles. The summed E-state index contributed by atoms with van der Waals surface area (Å²) in [5, 5.41) is 13.0. The number of aromatic nitrogens is 1. The molecular formula is C27H26ClN3O3. The van der Waals surface area contributed by atoms with Crippen molar-refractivity contribution in [2.75, 3.05) is 0 Å². The van der Waals surface area contributed by atoms with Crippen molar-refractivity contribution in [1.29, 1.82) is 5.26 Å². The number of esters is 1. The van der Waals surface area contributed by atoms with E-state index < -0.39 is 17.5 Å². The molecule has 1 heterocycles. The highest BCUT2D eigenvalue weighted by atomic mass is 35.5. The van der Waals surface area contributed by atoms with E-state index in [2.05, 4.69) is 16.4 Å². The number of nitriles is 1. The molecule has 1 N–H and O–H groups in total. The molecule has 0 fully saturated rings. The van der Waals surface area contributed by atoms with E-state index in [1.165, 1.54) is 24.5 Å². The van der Waals surface area contributed by atoms with Gasteiger partial charge in [0.15, 0.2) is 5.60 Å². The van der Waals surface area contributed by atoms with Crippen LogP contribution in [-0.2, 0) is 16.0 Å². The number of nitrogens with one attached hydrogen (secondary N) is 1. The molecule has 0 aliphatic carbocycles. The molecule has 2 aromatic carbocycles. The summed E-state index contributed by atoms with van der Waals surface area (Å²) in [7, 11) is 0. The van der Waals surface area contributed by atoms with Crippen LogP contribution in [-0.4, -0.2) is 28.5 Å². The first-order valence-electron chi connectivity index (χ1n) is 10.9. The van der Waals surface area contributed by atoms with Crippen LogP contribution < -0.4 is 5.32 Å². The van der Waals surface area contributed by atoms with Gasteiger partial charge in [0.05, 0.1) is 17.2 Å². The Morgan fingerprint density at radius 3 is 2.44 bits per heavy atom. The topological polar surface area (TPSA) is 92.1 Å². The van der Waals surface area contributed by atoms with Crippen LogP contribution in [0.1, 0.15) is 53.7 Å². The number of carbonyl (C=O) groups excluding carboxylic acids is 2. The van der Waals surface area contributed by atoms with Gasteiger partial charge in [-0.1, -0.05) is 35.9 Å². The molecule has 0 aliphatic heterocycles. The van der Waals surface area contributed by atoms with Gasteiger partial charge in [0, 0.05) is 29.4 Å². The van der Waals surface area contributed by atoms with Gasteiger partial charge in [0.2, 0.25) is 0 Å². The maximum atomic E-state index is 13.1. The van der Waals surface area contributed by atoms with Gasteiger partial charge < -0.3 is 10.1 Å². The molecule has 0 saturated heterocycles. The molecule has 0 radical (unpaired) electrons. The Kier molecular flexibility index (Phi) is 8.04. The molecule has 0 saturated carbocycles. The standard InChI is InChI=1S/C27H26ClN3O3/c1-18(31-26(33)27(2,3)34-25(32)21-11-13-30-14-12-21)24(16-19-7-9-23(28)10-8-19)22-6-4-5-20(15-22)17-29/h4-15,18,24H,16H2,1-3H3,(H,31,33). The maximum Gasteiger partial charge on any atom is 0.339 e. The SMILES string of the molecule is CC(NC(=O)C(C)(C)OC(=O)c1ccncc1)C(Cc1ccc(Cl)cc1)c1cccc(C#N)c1. The zero-order valence-electron chi connectivity index (χ0n) is 19.3. The van der Waals surface area contributed by atoms with E-state index in [1.807, 2.05) is 49.4 Å². The number of halogens is 1. The Morgan fingerprint density at radius 1 is 1.12 bits per heavy atom. The highest BCUT2D eigenvalue weighted by Gasteiger charge is 2.34. The summed E-state index contributed by atoms with van der Waals surface area (Å²) in [5.74, 6) is -1.15. The Morgan fingerprint density at radius 2 is 1.79 bits per heavy atom. The van der Waals surface area contributed by atoms with Gasteiger partial charge in [0.1, 0.15) is 0 Å². The normalized spacial score (nSPS) is 12.8. The molecule has 2 unspecified atom stereocenters. The van der Waals surface area contributed by atoms with E-state index in [0.29, 0.717) is 22.6 Å². The zero-order valence-corrected chi connectivity index (χ0v) is 20.0. The molecule has 7 heteroatoms. The van der Waals surface area contributed by atoms with Crippen LogP contribution in [0.2, 0.25) is 5.02 Å². The molecule has 1 amide bonds. The number of nitrogens with zero attached hydrogens (tertiary/aromatic N) is 2. The summed E-state index contributed by atoms with van der Waals surface area (Å²) in [5.41, 5.74) is 1.43. The minimum atomic E-state index is -1.39. The maximum absolute atomic E-state index is 13.1.